The van der Waals surface area contributed by atoms with Crippen molar-refractivity contribution in [1.29, 1.82) is 0 Å². The molecule has 0 heterocycles. The Morgan fingerprint density at radius 1 is 1.50 bits per heavy atom. The summed E-state index contributed by atoms with van der Waals surface area (Å²) in [4.78, 5) is 10.3. The van der Waals surface area contributed by atoms with Crippen molar-refractivity contribution in [2.75, 3.05) is 6.61 Å². The zero-order valence-electron chi connectivity index (χ0n) is 7.58. The number of esters is 1. The first-order valence-corrected chi connectivity index (χ1v) is 4.18. The predicted octanol–water partition coefficient (Wildman–Crippen LogP) is 2.46. The van der Waals surface area contributed by atoms with Crippen molar-refractivity contribution < 1.29 is 9.53 Å². The number of hydrogen-bond donors (Lipinski definition) is 0. The van der Waals surface area contributed by atoms with Gasteiger partial charge in [0.15, 0.2) is 0 Å². The summed E-state index contributed by atoms with van der Waals surface area (Å²) in [5.41, 5.74) is 0. The molecule has 0 aliphatic heterocycles. The van der Waals surface area contributed by atoms with Gasteiger partial charge in [0.2, 0.25) is 0 Å². The lowest BCUT2D eigenvalue weighted by Crippen LogP contribution is -1.99. The average Bonchev–Trinajstić information content (AvgIpc) is 2.02. The van der Waals surface area contributed by atoms with E-state index in [1.165, 1.54) is 6.92 Å². The molecule has 0 saturated carbocycles. The van der Waals surface area contributed by atoms with Crippen molar-refractivity contribution in [3.8, 4) is 0 Å². The Kier molecular flexibility index (Phi) is 7.35. The van der Waals surface area contributed by atoms with Crippen molar-refractivity contribution in [2.45, 2.75) is 26.2 Å². The summed E-state index contributed by atoms with van der Waals surface area (Å²) in [5.74, 6) is -0.198. The molecule has 0 amide bonds. The van der Waals surface area contributed by atoms with Gasteiger partial charge in [-0.3, -0.25) is 4.79 Å². The van der Waals surface area contributed by atoms with Crippen LogP contribution in [0.2, 0.25) is 0 Å². The number of allylic oxidation sites excluding steroid dienone is 3. The average molecular weight is 168 g/mol. The lowest BCUT2D eigenvalue weighted by molar-refractivity contribution is -0.141. The number of ether oxygens (including phenoxy) is 1. The van der Waals surface area contributed by atoms with Crippen LogP contribution in [-0.4, -0.2) is 12.6 Å². The topological polar surface area (TPSA) is 26.3 Å². The van der Waals surface area contributed by atoms with Crippen LogP contribution in [-0.2, 0) is 9.53 Å². The van der Waals surface area contributed by atoms with E-state index in [-0.39, 0.29) is 5.97 Å². The molecule has 2 nitrogen and oxygen atoms in total. The first-order chi connectivity index (χ1) is 5.77. The van der Waals surface area contributed by atoms with E-state index in [0.29, 0.717) is 6.61 Å². The molecule has 0 unspecified atom stereocenters. The fraction of sp³-hybridized carbons (Fsp3) is 0.500. The second-order valence-corrected chi connectivity index (χ2v) is 2.50. The fourth-order valence-corrected chi connectivity index (χ4v) is 0.773. The first-order valence-electron chi connectivity index (χ1n) is 4.18. The van der Waals surface area contributed by atoms with Crippen LogP contribution < -0.4 is 0 Å². The molecule has 0 spiro atoms. The Labute approximate surface area is 73.9 Å². The first kappa shape index (κ1) is 11.0. The van der Waals surface area contributed by atoms with Crippen molar-refractivity contribution in [2.24, 2.45) is 0 Å². The molecule has 0 saturated heterocycles. The van der Waals surface area contributed by atoms with E-state index in [1.807, 2.05) is 6.08 Å². The normalized spacial score (nSPS) is 10.1. The molecular weight excluding hydrogens is 152 g/mol. The Balaban J connectivity index is 3.05. The zero-order valence-corrected chi connectivity index (χ0v) is 7.58. The second kappa shape index (κ2) is 8.05. The molecule has 0 radical (unpaired) electrons. The summed E-state index contributed by atoms with van der Waals surface area (Å²) in [6, 6.07) is 0. The van der Waals surface area contributed by atoms with Gasteiger partial charge in [0.05, 0.1) is 6.61 Å². The SMILES string of the molecule is C=C/C=C\CCCCOC(C)=O. The monoisotopic (exact) mass is 168 g/mol. The van der Waals surface area contributed by atoms with Gasteiger partial charge in [-0.2, -0.15) is 0 Å². The third-order valence-corrected chi connectivity index (χ3v) is 1.34. The van der Waals surface area contributed by atoms with Crippen LogP contribution in [0.4, 0.5) is 0 Å². The molecule has 0 aliphatic rings. The maximum absolute atomic E-state index is 10.3. The van der Waals surface area contributed by atoms with Crippen LogP contribution in [0.1, 0.15) is 26.2 Å². The van der Waals surface area contributed by atoms with E-state index in [9.17, 15) is 4.79 Å². The van der Waals surface area contributed by atoms with Gasteiger partial charge >= 0.3 is 5.97 Å². The molecule has 0 rings (SSSR count). The molecule has 0 aromatic rings. The van der Waals surface area contributed by atoms with Gasteiger partial charge in [-0.25, -0.2) is 0 Å². The van der Waals surface area contributed by atoms with Crippen molar-refractivity contribution in [1.82, 2.24) is 0 Å². The largest absolute Gasteiger partial charge is 0.466 e. The number of rotatable bonds is 6. The van der Waals surface area contributed by atoms with E-state index in [4.69, 9.17) is 4.74 Å². The Morgan fingerprint density at radius 3 is 2.83 bits per heavy atom. The summed E-state index contributed by atoms with van der Waals surface area (Å²) >= 11 is 0. The van der Waals surface area contributed by atoms with Gasteiger partial charge in [-0.15, -0.1) is 0 Å². The Morgan fingerprint density at radius 2 is 2.25 bits per heavy atom. The second-order valence-electron chi connectivity index (χ2n) is 2.50. The number of hydrogen-bond acceptors (Lipinski definition) is 2. The maximum atomic E-state index is 10.3. The molecule has 0 aliphatic carbocycles. The summed E-state index contributed by atoms with van der Waals surface area (Å²) < 4.78 is 4.77. The van der Waals surface area contributed by atoms with Gasteiger partial charge in [0.1, 0.15) is 0 Å². The van der Waals surface area contributed by atoms with E-state index in [2.05, 4.69) is 12.7 Å². The van der Waals surface area contributed by atoms with Gasteiger partial charge in [-0.1, -0.05) is 24.8 Å². The van der Waals surface area contributed by atoms with Crippen LogP contribution >= 0.6 is 0 Å². The summed E-state index contributed by atoms with van der Waals surface area (Å²) in [6.07, 6.45) is 8.74. The highest BCUT2D eigenvalue weighted by Gasteiger charge is 1.90. The third kappa shape index (κ3) is 8.95. The van der Waals surface area contributed by atoms with E-state index in [0.717, 1.165) is 19.3 Å². The summed E-state index contributed by atoms with van der Waals surface area (Å²) in [5, 5.41) is 0. The molecule has 0 aromatic heterocycles. The molecule has 0 aromatic carbocycles. The van der Waals surface area contributed by atoms with Crippen molar-refractivity contribution in [3.05, 3.63) is 24.8 Å². The van der Waals surface area contributed by atoms with Crippen molar-refractivity contribution in [3.63, 3.8) is 0 Å². The van der Waals surface area contributed by atoms with E-state index >= 15 is 0 Å². The molecule has 68 valence electrons. The van der Waals surface area contributed by atoms with E-state index in [1.54, 1.807) is 6.08 Å². The highest BCUT2D eigenvalue weighted by Crippen LogP contribution is 1.97. The van der Waals surface area contributed by atoms with Gasteiger partial charge in [0.25, 0.3) is 0 Å². The van der Waals surface area contributed by atoms with Gasteiger partial charge < -0.3 is 4.74 Å². The molecule has 0 bridgehead atoms. The van der Waals surface area contributed by atoms with Crippen molar-refractivity contribution >= 4 is 5.97 Å². The number of unbranched alkanes of at least 4 members (excludes halogenated alkanes) is 2. The quantitative estimate of drug-likeness (QED) is 0.346. The minimum Gasteiger partial charge on any atom is -0.466 e. The molecular formula is C10H16O2. The lowest BCUT2D eigenvalue weighted by atomic mass is 10.2. The molecule has 0 fully saturated rings. The summed E-state index contributed by atoms with van der Waals surface area (Å²) in [6.45, 7) is 5.53. The Hall–Kier alpha value is -1.05. The number of carbonyl (C=O) groups is 1. The molecule has 2 heteroatoms. The van der Waals surface area contributed by atoms with Crippen LogP contribution in [0, 0.1) is 0 Å². The third-order valence-electron chi connectivity index (χ3n) is 1.34. The smallest absolute Gasteiger partial charge is 0.302 e. The lowest BCUT2D eigenvalue weighted by Gasteiger charge is -1.98. The standard InChI is InChI=1S/C10H16O2/c1-3-4-5-6-7-8-9-12-10(2)11/h3-5H,1,6-9H2,2H3/b5-4-. The predicted molar refractivity (Wildman–Crippen MR) is 49.8 cm³/mol. The molecule has 0 atom stereocenters. The van der Waals surface area contributed by atoms with Gasteiger partial charge in [0, 0.05) is 6.92 Å². The fourth-order valence-electron chi connectivity index (χ4n) is 0.773. The van der Waals surface area contributed by atoms with Crippen LogP contribution in [0.25, 0.3) is 0 Å². The Bertz CT molecular complexity index is 159. The summed E-state index contributed by atoms with van der Waals surface area (Å²) in [7, 11) is 0. The minimum atomic E-state index is -0.198. The zero-order chi connectivity index (χ0) is 9.23. The van der Waals surface area contributed by atoms with Crippen LogP contribution in [0.5, 0.6) is 0 Å². The van der Waals surface area contributed by atoms with Crippen LogP contribution in [0.15, 0.2) is 24.8 Å². The maximum Gasteiger partial charge on any atom is 0.302 e. The van der Waals surface area contributed by atoms with Crippen LogP contribution in [0.3, 0.4) is 0 Å². The highest BCUT2D eigenvalue weighted by molar-refractivity contribution is 5.65. The van der Waals surface area contributed by atoms with Gasteiger partial charge in [-0.05, 0) is 19.3 Å². The molecule has 12 heavy (non-hydrogen) atoms. The molecule has 0 N–H and O–H groups in total. The minimum absolute atomic E-state index is 0.198. The van der Waals surface area contributed by atoms with E-state index < -0.39 is 0 Å². The highest BCUT2D eigenvalue weighted by atomic mass is 16.5. The number of carbonyl (C=O) groups excluding carboxylic acids is 1.